The Balaban J connectivity index is 2.00. The van der Waals surface area contributed by atoms with Crippen LogP contribution in [0.4, 0.5) is 0 Å². The Morgan fingerprint density at radius 2 is 1.77 bits per heavy atom. The highest BCUT2D eigenvalue weighted by Gasteiger charge is 2.11. The van der Waals surface area contributed by atoms with Gasteiger partial charge < -0.3 is 9.47 Å². The number of esters is 1. The first kappa shape index (κ1) is 15.8. The molecule has 0 saturated heterocycles. The van der Waals surface area contributed by atoms with Crippen LogP contribution in [0.1, 0.15) is 16.7 Å². The van der Waals surface area contributed by atoms with Crippen LogP contribution in [-0.2, 0) is 11.2 Å². The highest BCUT2D eigenvalue weighted by atomic mass is 16.6. The lowest BCUT2D eigenvalue weighted by molar-refractivity contribution is -0.136. The number of carbonyl (C=O) groups is 1. The van der Waals surface area contributed by atoms with Gasteiger partial charge in [-0.05, 0) is 43.0 Å². The molecule has 2 rings (SSSR count). The minimum absolute atomic E-state index is 0.123. The standard InChI is InChI=1S/C19H20O3/c1-4-8-16-11-5-6-12-17(16)21-13-18(20)22-19-14(2)9-7-10-15(19)3/h4-7,9-12H,1,8,13H2,2-3H3. The molecule has 0 atom stereocenters. The Hall–Kier alpha value is -2.55. The van der Waals surface area contributed by atoms with E-state index in [2.05, 4.69) is 6.58 Å². The van der Waals surface area contributed by atoms with Crippen molar-refractivity contribution in [2.24, 2.45) is 0 Å². The second-order valence-corrected chi connectivity index (χ2v) is 5.08. The fourth-order valence-corrected chi connectivity index (χ4v) is 2.21. The molecule has 0 amide bonds. The van der Waals surface area contributed by atoms with Gasteiger partial charge in [0, 0.05) is 0 Å². The van der Waals surface area contributed by atoms with E-state index >= 15 is 0 Å². The summed E-state index contributed by atoms with van der Waals surface area (Å²) >= 11 is 0. The Morgan fingerprint density at radius 1 is 1.09 bits per heavy atom. The number of allylic oxidation sites excluding steroid dienone is 1. The SMILES string of the molecule is C=CCc1ccccc1OCC(=O)Oc1c(C)cccc1C. The molecule has 0 N–H and O–H groups in total. The smallest absolute Gasteiger partial charge is 0.349 e. The predicted molar refractivity (Wildman–Crippen MR) is 87.4 cm³/mol. The molecule has 22 heavy (non-hydrogen) atoms. The van der Waals surface area contributed by atoms with Crippen LogP contribution in [0, 0.1) is 13.8 Å². The summed E-state index contributed by atoms with van der Waals surface area (Å²) in [4.78, 5) is 12.0. The highest BCUT2D eigenvalue weighted by molar-refractivity contribution is 5.74. The molecule has 3 nitrogen and oxygen atoms in total. The molecule has 0 fully saturated rings. The van der Waals surface area contributed by atoms with E-state index in [0.29, 0.717) is 17.9 Å². The summed E-state index contributed by atoms with van der Waals surface area (Å²) in [6.07, 6.45) is 2.50. The van der Waals surface area contributed by atoms with Gasteiger partial charge in [-0.2, -0.15) is 0 Å². The zero-order valence-electron chi connectivity index (χ0n) is 13.0. The van der Waals surface area contributed by atoms with E-state index in [4.69, 9.17) is 9.47 Å². The van der Waals surface area contributed by atoms with Crippen molar-refractivity contribution in [3.05, 3.63) is 71.8 Å². The summed E-state index contributed by atoms with van der Waals surface area (Å²) < 4.78 is 11.0. The van der Waals surface area contributed by atoms with Crippen LogP contribution < -0.4 is 9.47 Å². The molecule has 0 heterocycles. The first-order valence-electron chi connectivity index (χ1n) is 7.20. The van der Waals surface area contributed by atoms with Crippen LogP contribution in [0.5, 0.6) is 11.5 Å². The summed E-state index contributed by atoms with van der Waals surface area (Å²) in [5.74, 6) is 0.877. The number of ether oxygens (including phenoxy) is 2. The van der Waals surface area contributed by atoms with E-state index in [0.717, 1.165) is 16.7 Å². The number of rotatable bonds is 6. The zero-order valence-corrected chi connectivity index (χ0v) is 13.0. The van der Waals surface area contributed by atoms with Gasteiger partial charge in [-0.1, -0.05) is 42.5 Å². The second-order valence-electron chi connectivity index (χ2n) is 5.08. The molecule has 3 heteroatoms. The van der Waals surface area contributed by atoms with Crippen LogP contribution in [-0.4, -0.2) is 12.6 Å². The van der Waals surface area contributed by atoms with Crippen molar-refractivity contribution in [3.8, 4) is 11.5 Å². The molecule has 2 aromatic carbocycles. The molecule has 0 saturated carbocycles. The van der Waals surface area contributed by atoms with E-state index < -0.39 is 5.97 Å². The van der Waals surface area contributed by atoms with Crippen LogP contribution >= 0.6 is 0 Å². The van der Waals surface area contributed by atoms with Crippen LogP contribution in [0.3, 0.4) is 0 Å². The second kappa shape index (κ2) is 7.46. The monoisotopic (exact) mass is 296 g/mol. The molecule has 0 radical (unpaired) electrons. The van der Waals surface area contributed by atoms with Gasteiger partial charge in [0.2, 0.25) is 0 Å². The van der Waals surface area contributed by atoms with E-state index in [9.17, 15) is 4.79 Å². The van der Waals surface area contributed by atoms with E-state index in [1.165, 1.54) is 0 Å². The fourth-order valence-electron chi connectivity index (χ4n) is 2.21. The Kier molecular flexibility index (Phi) is 5.37. The van der Waals surface area contributed by atoms with Gasteiger partial charge in [-0.3, -0.25) is 0 Å². The van der Waals surface area contributed by atoms with Gasteiger partial charge in [0.05, 0.1) is 0 Å². The predicted octanol–water partition coefficient (Wildman–Crippen LogP) is 4.02. The summed E-state index contributed by atoms with van der Waals surface area (Å²) in [6, 6.07) is 13.4. The zero-order chi connectivity index (χ0) is 15.9. The van der Waals surface area contributed by atoms with Crippen molar-refractivity contribution in [3.63, 3.8) is 0 Å². The van der Waals surface area contributed by atoms with Crippen molar-refractivity contribution >= 4 is 5.97 Å². The lowest BCUT2D eigenvalue weighted by Gasteiger charge is -2.12. The average molecular weight is 296 g/mol. The summed E-state index contributed by atoms with van der Waals surface area (Å²) in [7, 11) is 0. The van der Waals surface area contributed by atoms with Gasteiger partial charge >= 0.3 is 5.97 Å². The quantitative estimate of drug-likeness (QED) is 0.459. The first-order chi connectivity index (χ1) is 10.6. The molecule has 0 unspecified atom stereocenters. The van der Waals surface area contributed by atoms with Crippen molar-refractivity contribution in [1.82, 2.24) is 0 Å². The van der Waals surface area contributed by atoms with Crippen LogP contribution in [0.2, 0.25) is 0 Å². The normalized spacial score (nSPS) is 10.1. The topological polar surface area (TPSA) is 35.5 Å². The Bertz CT molecular complexity index is 654. The number of carbonyl (C=O) groups excluding carboxylic acids is 1. The minimum Gasteiger partial charge on any atom is -0.482 e. The summed E-state index contributed by atoms with van der Waals surface area (Å²) in [5, 5.41) is 0. The van der Waals surface area contributed by atoms with Gasteiger partial charge in [0.15, 0.2) is 6.61 Å². The number of benzene rings is 2. The molecule has 0 aromatic heterocycles. The maximum absolute atomic E-state index is 12.0. The third-order valence-electron chi connectivity index (χ3n) is 3.31. The largest absolute Gasteiger partial charge is 0.482 e. The fraction of sp³-hybridized carbons (Fsp3) is 0.211. The Morgan fingerprint density at radius 3 is 2.45 bits per heavy atom. The lowest BCUT2D eigenvalue weighted by Crippen LogP contribution is -2.19. The van der Waals surface area contributed by atoms with Gasteiger partial charge in [0.25, 0.3) is 0 Å². The van der Waals surface area contributed by atoms with Crippen LogP contribution in [0.15, 0.2) is 55.1 Å². The number of para-hydroxylation sites is 2. The molecular weight excluding hydrogens is 276 g/mol. The molecule has 2 aromatic rings. The molecule has 114 valence electrons. The maximum atomic E-state index is 12.0. The minimum atomic E-state index is -0.411. The van der Waals surface area contributed by atoms with Gasteiger partial charge in [-0.25, -0.2) is 4.79 Å². The molecular formula is C19H20O3. The van der Waals surface area contributed by atoms with E-state index in [1.807, 2.05) is 56.3 Å². The van der Waals surface area contributed by atoms with Gasteiger partial charge in [-0.15, -0.1) is 6.58 Å². The van der Waals surface area contributed by atoms with E-state index in [1.54, 1.807) is 6.08 Å². The number of hydrogen-bond donors (Lipinski definition) is 0. The van der Waals surface area contributed by atoms with Crippen molar-refractivity contribution in [1.29, 1.82) is 0 Å². The summed E-state index contributed by atoms with van der Waals surface area (Å²) in [6.45, 7) is 7.42. The molecule has 0 bridgehead atoms. The third-order valence-corrected chi connectivity index (χ3v) is 3.31. The highest BCUT2D eigenvalue weighted by Crippen LogP contribution is 2.23. The molecule has 0 spiro atoms. The summed E-state index contributed by atoms with van der Waals surface area (Å²) in [5.41, 5.74) is 2.86. The molecule has 0 aliphatic rings. The van der Waals surface area contributed by atoms with Gasteiger partial charge in [0.1, 0.15) is 11.5 Å². The molecule has 0 aliphatic heterocycles. The first-order valence-corrected chi connectivity index (χ1v) is 7.20. The Labute approximate surface area is 131 Å². The lowest BCUT2D eigenvalue weighted by atomic mass is 10.1. The number of hydrogen-bond acceptors (Lipinski definition) is 3. The van der Waals surface area contributed by atoms with E-state index in [-0.39, 0.29) is 6.61 Å². The van der Waals surface area contributed by atoms with Crippen molar-refractivity contribution in [2.45, 2.75) is 20.3 Å². The number of aryl methyl sites for hydroxylation is 2. The van der Waals surface area contributed by atoms with Crippen molar-refractivity contribution < 1.29 is 14.3 Å². The maximum Gasteiger partial charge on any atom is 0.349 e. The third kappa shape index (κ3) is 3.98. The average Bonchev–Trinajstić information content (AvgIpc) is 2.50. The van der Waals surface area contributed by atoms with Crippen molar-refractivity contribution in [2.75, 3.05) is 6.61 Å². The molecule has 0 aliphatic carbocycles. The van der Waals surface area contributed by atoms with Crippen LogP contribution in [0.25, 0.3) is 0 Å².